The summed E-state index contributed by atoms with van der Waals surface area (Å²) in [6.07, 6.45) is 0.820. The molecule has 2 aromatic carbocycles. The first-order valence-electron chi connectivity index (χ1n) is 12.3. The molecule has 4 aromatic rings. The number of hydrogen-bond acceptors (Lipinski definition) is 4. The van der Waals surface area contributed by atoms with Gasteiger partial charge in [0.2, 0.25) is 0 Å². The Morgan fingerprint density at radius 2 is 1.68 bits per heavy atom. The number of benzene rings is 2. The average Bonchev–Trinajstić information content (AvgIpc) is 3.23. The largest absolute Gasteiger partial charge is 0.416 e. The van der Waals surface area contributed by atoms with Gasteiger partial charge in [0, 0.05) is 13.0 Å². The molecule has 0 atom stereocenters. The van der Waals surface area contributed by atoms with Crippen molar-refractivity contribution in [2.45, 2.75) is 44.8 Å². The third kappa shape index (κ3) is 5.76. The predicted molar refractivity (Wildman–Crippen MR) is 140 cm³/mol. The maximum atomic E-state index is 13.4. The van der Waals surface area contributed by atoms with Gasteiger partial charge in [0.25, 0.3) is 0 Å². The second kappa shape index (κ2) is 11.0. The number of piperidine rings is 1. The smallest absolute Gasteiger partial charge is 0.317 e. The zero-order valence-electron chi connectivity index (χ0n) is 20.0. The van der Waals surface area contributed by atoms with Gasteiger partial charge in [-0.05, 0) is 68.5 Å². The van der Waals surface area contributed by atoms with Crippen LogP contribution in [0.5, 0.6) is 0 Å². The molecule has 37 heavy (non-hydrogen) atoms. The molecule has 0 radical (unpaired) electrons. The van der Waals surface area contributed by atoms with Gasteiger partial charge < -0.3 is 9.88 Å². The number of nitrogens with zero attached hydrogens (tertiary/aromatic N) is 4. The van der Waals surface area contributed by atoms with E-state index < -0.39 is 11.7 Å². The number of imidazole rings is 1. The third-order valence-corrected chi connectivity index (χ3v) is 7.51. The van der Waals surface area contributed by atoms with Gasteiger partial charge in [0.05, 0.1) is 27.4 Å². The van der Waals surface area contributed by atoms with Crippen molar-refractivity contribution in [3.05, 3.63) is 75.7 Å². The molecule has 0 saturated carbocycles. The summed E-state index contributed by atoms with van der Waals surface area (Å²) in [7, 11) is 0. The van der Waals surface area contributed by atoms with Crippen molar-refractivity contribution < 1.29 is 13.2 Å². The van der Waals surface area contributed by atoms with Gasteiger partial charge in [-0.25, -0.2) is 15.0 Å². The van der Waals surface area contributed by atoms with E-state index >= 15 is 0 Å². The molecular weight excluding hydrogens is 522 g/mol. The Balaban J connectivity index is 1.49. The Morgan fingerprint density at radius 1 is 0.946 bits per heavy atom. The Kier molecular flexibility index (Phi) is 7.70. The molecule has 0 amide bonds. The van der Waals surface area contributed by atoms with Crippen molar-refractivity contribution in [1.29, 1.82) is 0 Å². The first-order chi connectivity index (χ1) is 17.8. The molecule has 5 rings (SSSR count). The van der Waals surface area contributed by atoms with Crippen LogP contribution in [0.25, 0.3) is 22.6 Å². The molecule has 1 saturated heterocycles. The SMILES string of the molecule is FC(F)(F)c1ccccc1CCc1ncc2nc(-c3c(Cl)cccc3Cl)n(CCC3CCNCC3)c2n1. The fourth-order valence-corrected chi connectivity index (χ4v) is 5.50. The summed E-state index contributed by atoms with van der Waals surface area (Å²) in [5, 5.41) is 4.37. The van der Waals surface area contributed by atoms with Crippen LogP contribution >= 0.6 is 23.2 Å². The van der Waals surface area contributed by atoms with Crippen LogP contribution in [0.3, 0.4) is 0 Å². The maximum absolute atomic E-state index is 13.4. The van der Waals surface area contributed by atoms with Gasteiger partial charge in [-0.1, -0.05) is 47.5 Å². The number of nitrogens with one attached hydrogen (secondary N) is 1. The number of hydrogen-bond donors (Lipinski definition) is 1. The van der Waals surface area contributed by atoms with Crippen molar-refractivity contribution in [3.63, 3.8) is 0 Å². The van der Waals surface area contributed by atoms with E-state index in [4.69, 9.17) is 33.2 Å². The van der Waals surface area contributed by atoms with E-state index in [1.165, 1.54) is 12.1 Å². The zero-order valence-corrected chi connectivity index (χ0v) is 21.5. The molecule has 1 aliphatic heterocycles. The van der Waals surface area contributed by atoms with Gasteiger partial charge in [-0.15, -0.1) is 0 Å². The van der Waals surface area contributed by atoms with Crippen LogP contribution in [0.1, 0.15) is 36.2 Å². The van der Waals surface area contributed by atoms with E-state index in [2.05, 4.69) is 10.3 Å². The first-order valence-corrected chi connectivity index (χ1v) is 13.1. The third-order valence-electron chi connectivity index (χ3n) is 6.88. The highest BCUT2D eigenvalue weighted by molar-refractivity contribution is 6.39. The number of aryl methyl sites for hydroxylation is 3. The molecule has 2 aromatic heterocycles. The van der Waals surface area contributed by atoms with Crippen LogP contribution in [0.15, 0.2) is 48.7 Å². The lowest BCUT2D eigenvalue weighted by atomic mass is 9.95. The minimum absolute atomic E-state index is 0.174. The molecule has 5 nitrogen and oxygen atoms in total. The van der Waals surface area contributed by atoms with Crippen molar-refractivity contribution in [3.8, 4) is 11.4 Å². The minimum atomic E-state index is -4.40. The van der Waals surface area contributed by atoms with E-state index in [-0.39, 0.29) is 18.4 Å². The number of rotatable bonds is 7. The maximum Gasteiger partial charge on any atom is 0.416 e. The van der Waals surface area contributed by atoms with Crippen LogP contribution in [0, 0.1) is 5.92 Å². The topological polar surface area (TPSA) is 55.6 Å². The van der Waals surface area contributed by atoms with Gasteiger partial charge in [-0.3, -0.25) is 0 Å². The fraction of sp³-hybridized carbons (Fsp3) is 0.370. The molecule has 10 heteroatoms. The van der Waals surface area contributed by atoms with Crippen LogP contribution < -0.4 is 5.32 Å². The highest BCUT2D eigenvalue weighted by Crippen LogP contribution is 2.36. The first kappa shape index (κ1) is 25.9. The number of fused-ring (bicyclic) bond motifs is 1. The van der Waals surface area contributed by atoms with Crippen molar-refractivity contribution in [1.82, 2.24) is 24.8 Å². The summed E-state index contributed by atoms with van der Waals surface area (Å²) < 4.78 is 42.3. The van der Waals surface area contributed by atoms with Gasteiger partial charge >= 0.3 is 6.18 Å². The van der Waals surface area contributed by atoms with E-state index in [0.717, 1.165) is 38.4 Å². The van der Waals surface area contributed by atoms with E-state index in [0.29, 0.717) is 50.9 Å². The summed E-state index contributed by atoms with van der Waals surface area (Å²) in [5.41, 5.74) is 1.46. The Labute approximate surface area is 223 Å². The molecule has 0 bridgehead atoms. The summed E-state index contributed by atoms with van der Waals surface area (Å²) in [4.78, 5) is 14.0. The number of alkyl halides is 3. The molecular formula is C27H26Cl2F3N5. The van der Waals surface area contributed by atoms with E-state index in [1.807, 2.05) is 4.57 Å². The standard InChI is InChI=1S/C27H26Cl2F3N5/c28-20-6-3-7-21(29)24(20)26-35-22-16-34-23(9-8-18-4-1-2-5-19(18)27(30,31)32)36-25(22)37(26)15-12-17-10-13-33-14-11-17/h1-7,16-17,33H,8-15H2. The summed E-state index contributed by atoms with van der Waals surface area (Å²) in [6.45, 7) is 2.68. The summed E-state index contributed by atoms with van der Waals surface area (Å²) in [6, 6.07) is 11.0. The lowest BCUT2D eigenvalue weighted by Gasteiger charge is -2.23. The summed E-state index contributed by atoms with van der Waals surface area (Å²) >= 11 is 13.1. The molecule has 1 N–H and O–H groups in total. The Bertz CT molecular complexity index is 1380. The molecule has 1 fully saturated rings. The van der Waals surface area contributed by atoms with Crippen LogP contribution in [0.2, 0.25) is 10.0 Å². The predicted octanol–water partition coefficient (Wildman–Crippen LogP) is 6.99. The molecule has 3 heterocycles. The average molecular weight is 548 g/mol. The lowest BCUT2D eigenvalue weighted by Crippen LogP contribution is -2.28. The van der Waals surface area contributed by atoms with Crippen LogP contribution in [-0.4, -0.2) is 32.6 Å². The highest BCUT2D eigenvalue weighted by Gasteiger charge is 2.32. The molecule has 0 aliphatic carbocycles. The van der Waals surface area contributed by atoms with Gasteiger partial charge in [0.1, 0.15) is 17.2 Å². The normalized spacial score (nSPS) is 14.9. The van der Waals surface area contributed by atoms with Crippen LogP contribution in [-0.2, 0) is 25.6 Å². The second-order valence-electron chi connectivity index (χ2n) is 9.32. The highest BCUT2D eigenvalue weighted by atomic mass is 35.5. The zero-order chi connectivity index (χ0) is 26.0. The second-order valence-corrected chi connectivity index (χ2v) is 10.1. The van der Waals surface area contributed by atoms with Gasteiger partial charge in [-0.2, -0.15) is 13.2 Å². The van der Waals surface area contributed by atoms with E-state index in [1.54, 1.807) is 30.5 Å². The summed E-state index contributed by atoms with van der Waals surface area (Å²) in [5.74, 6) is 1.66. The van der Waals surface area contributed by atoms with Crippen molar-refractivity contribution >= 4 is 34.4 Å². The van der Waals surface area contributed by atoms with Crippen molar-refractivity contribution in [2.75, 3.05) is 13.1 Å². The number of aromatic nitrogens is 4. The molecule has 194 valence electrons. The molecule has 1 aliphatic rings. The Morgan fingerprint density at radius 3 is 2.41 bits per heavy atom. The number of halogens is 5. The molecule has 0 spiro atoms. The van der Waals surface area contributed by atoms with Crippen molar-refractivity contribution in [2.24, 2.45) is 5.92 Å². The lowest BCUT2D eigenvalue weighted by molar-refractivity contribution is -0.138. The monoisotopic (exact) mass is 547 g/mol. The van der Waals surface area contributed by atoms with E-state index in [9.17, 15) is 13.2 Å². The molecule has 0 unspecified atom stereocenters. The fourth-order valence-electron chi connectivity index (χ4n) is 4.93. The Hall–Kier alpha value is -2.68. The van der Waals surface area contributed by atoms with Crippen LogP contribution in [0.4, 0.5) is 13.2 Å². The quantitative estimate of drug-likeness (QED) is 0.271. The minimum Gasteiger partial charge on any atom is -0.317 e. The van der Waals surface area contributed by atoms with Gasteiger partial charge in [0.15, 0.2) is 5.65 Å².